The van der Waals surface area contributed by atoms with E-state index in [4.69, 9.17) is 26.7 Å². The number of nitrogens with zero attached hydrogens (tertiary/aromatic N) is 7. The molecule has 2 unspecified atom stereocenters. The van der Waals surface area contributed by atoms with Crippen LogP contribution in [0.2, 0.25) is 0 Å². The van der Waals surface area contributed by atoms with Crippen LogP contribution in [0.1, 0.15) is 37.2 Å². The predicted molar refractivity (Wildman–Crippen MR) is 203 cm³/mol. The standard InChI is InChI=1S/C35H44N10O4S2/c1-43-14-10-24(11-15-43)5-3-20-49-30-21-27-28(22-29(30)48-2)41-32-31(27)33(39-23-38-32)44-16-18-45(19-17-44)35(50)40-25-6-8-26(9-7-25)51(46,47)42-34-36-12-4-13-37-34/h4,6-9,12-13,21-24,31-32,41H,3,5,10-11,14-20H2,1-2H3,(H,40,50)(H,36,37,42). The normalized spacial score (nSPS) is 20.5. The van der Waals surface area contributed by atoms with Gasteiger partial charge in [0.15, 0.2) is 16.6 Å². The molecule has 2 atom stereocenters. The summed E-state index contributed by atoms with van der Waals surface area (Å²) < 4.78 is 40.0. The first-order valence-electron chi connectivity index (χ1n) is 17.4. The van der Waals surface area contributed by atoms with Crippen molar-refractivity contribution in [2.75, 3.05) is 75.4 Å². The van der Waals surface area contributed by atoms with Gasteiger partial charge in [-0.1, -0.05) is 0 Å². The minimum atomic E-state index is -3.83. The van der Waals surface area contributed by atoms with Gasteiger partial charge in [0.05, 0.1) is 24.5 Å². The fourth-order valence-corrected chi connectivity index (χ4v) is 8.32. The van der Waals surface area contributed by atoms with Gasteiger partial charge in [0.25, 0.3) is 10.0 Å². The molecular formula is C35H44N10O4S2. The summed E-state index contributed by atoms with van der Waals surface area (Å²) in [6.45, 7) is 5.87. The number of sulfonamides is 1. The van der Waals surface area contributed by atoms with Gasteiger partial charge in [-0.15, -0.1) is 0 Å². The molecule has 4 aliphatic rings. The molecule has 2 saturated heterocycles. The van der Waals surface area contributed by atoms with Crippen LogP contribution in [-0.4, -0.2) is 117 Å². The third-order valence-corrected chi connectivity index (χ3v) is 11.6. The maximum atomic E-state index is 12.8. The molecule has 0 bridgehead atoms. The number of methoxy groups -OCH3 is 1. The second-order valence-electron chi connectivity index (χ2n) is 13.3. The minimum Gasteiger partial charge on any atom is -0.493 e. The number of thiocarbonyl (C=S) groups is 1. The number of aliphatic imine (C=N–C) groups is 2. The Balaban J connectivity index is 0.943. The van der Waals surface area contributed by atoms with E-state index in [1.807, 2.05) is 6.07 Å². The number of aromatic nitrogens is 2. The number of benzene rings is 2. The summed E-state index contributed by atoms with van der Waals surface area (Å²) in [5.74, 6) is 3.18. The second-order valence-corrected chi connectivity index (χ2v) is 15.3. The van der Waals surface area contributed by atoms with Crippen LogP contribution in [0.3, 0.4) is 0 Å². The number of ether oxygens (including phenoxy) is 2. The van der Waals surface area contributed by atoms with Crippen LogP contribution in [0, 0.1) is 5.92 Å². The molecule has 270 valence electrons. The van der Waals surface area contributed by atoms with Gasteiger partial charge < -0.3 is 34.8 Å². The molecule has 4 aliphatic heterocycles. The molecule has 0 spiro atoms. The lowest BCUT2D eigenvalue weighted by atomic mass is 9.93. The number of nitrogens with one attached hydrogen (secondary N) is 3. The molecule has 5 heterocycles. The van der Waals surface area contributed by atoms with E-state index in [2.05, 4.69) is 58.1 Å². The minimum absolute atomic E-state index is 0.0124. The van der Waals surface area contributed by atoms with Crippen LogP contribution >= 0.6 is 12.2 Å². The zero-order chi connectivity index (χ0) is 35.4. The highest BCUT2D eigenvalue weighted by Crippen LogP contribution is 2.45. The Morgan fingerprint density at radius 1 is 1.02 bits per heavy atom. The molecule has 0 radical (unpaired) electrons. The van der Waals surface area contributed by atoms with E-state index >= 15 is 0 Å². The number of hydrogen-bond donors (Lipinski definition) is 3. The lowest BCUT2D eigenvalue weighted by Crippen LogP contribution is -2.53. The van der Waals surface area contributed by atoms with E-state index in [0.29, 0.717) is 36.2 Å². The molecule has 51 heavy (non-hydrogen) atoms. The largest absolute Gasteiger partial charge is 0.493 e. The van der Waals surface area contributed by atoms with Crippen LogP contribution in [0.15, 0.2) is 69.7 Å². The Morgan fingerprint density at radius 2 is 1.76 bits per heavy atom. The van der Waals surface area contributed by atoms with E-state index in [9.17, 15) is 8.42 Å². The van der Waals surface area contributed by atoms with Crippen molar-refractivity contribution >= 4 is 56.9 Å². The molecule has 2 fully saturated rings. The molecule has 0 amide bonds. The molecule has 3 N–H and O–H groups in total. The fraction of sp³-hybridized carbons (Fsp3) is 0.457. The van der Waals surface area contributed by atoms with Gasteiger partial charge in [0, 0.05) is 56.0 Å². The van der Waals surface area contributed by atoms with Crippen LogP contribution in [0.5, 0.6) is 11.5 Å². The average Bonchev–Trinajstić information content (AvgIpc) is 3.52. The zero-order valence-corrected chi connectivity index (χ0v) is 30.5. The Hall–Kier alpha value is -4.54. The number of likely N-dealkylation sites (tertiary alicyclic amines) is 1. The van der Waals surface area contributed by atoms with Crippen molar-refractivity contribution in [3.8, 4) is 11.5 Å². The highest BCUT2D eigenvalue weighted by molar-refractivity contribution is 7.92. The van der Waals surface area contributed by atoms with Crippen molar-refractivity contribution in [2.24, 2.45) is 15.9 Å². The number of amidine groups is 1. The first-order valence-corrected chi connectivity index (χ1v) is 19.3. The van der Waals surface area contributed by atoms with E-state index in [1.165, 1.54) is 56.9 Å². The molecule has 1 aromatic heterocycles. The Morgan fingerprint density at radius 3 is 2.49 bits per heavy atom. The van der Waals surface area contributed by atoms with E-state index in [-0.39, 0.29) is 22.9 Å². The van der Waals surface area contributed by atoms with E-state index < -0.39 is 10.0 Å². The number of piperazine rings is 1. The average molecular weight is 733 g/mol. The molecule has 0 aliphatic carbocycles. The topological polar surface area (TPSA) is 149 Å². The maximum absolute atomic E-state index is 12.8. The SMILES string of the molecule is COc1cc2c(cc1OCCCC1CCN(C)CC1)C1C(N3CCN(C(=S)Nc4ccc(S(=O)(=O)Nc5ncccn5)cc4)CC3)=NC=NC1N2. The predicted octanol–water partition coefficient (Wildman–Crippen LogP) is 4.08. The highest BCUT2D eigenvalue weighted by Gasteiger charge is 2.41. The van der Waals surface area contributed by atoms with Crippen molar-refractivity contribution in [2.45, 2.75) is 42.7 Å². The summed E-state index contributed by atoms with van der Waals surface area (Å²) in [5.41, 5.74) is 2.79. The maximum Gasteiger partial charge on any atom is 0.264 e. The third kappa shape index (κ3) is 8.02. The molecule has 16 heteroatoms. The molecule has 7 rings (SSSR count). The number of hydrogen-bond acceptors (Lipinski definition) is 12. The van der Waals surface area contributed by atoms with E-state index in [0.717, 1.165) is 48.3 Å². The first-order chi connectivity index (χ1) is 24.8. The lowest BCUT2D eigenvalue weighted by molar-refractivity contribution is 0.199. The van der Waals surface area contributed by atoms with Crippen molar-refractivity contribution in [1.29, 1.82) is 0 Å². The zero-order valence-electron chi connectivity index (χ0n) is 28.9. The molecule has 2 aromatic carbocycles. The summed E-state index contributed by atoms with van der Waals surface area (Å²) in [5, 5.41) is 7.39. The summed E-state index contributed by atoms with van der Waals surface area (Å²) in [4.78, 5) is 24.3. The van der Waals surface area contributed by atoms with Crippen molar-refractivity contribution < 1.29 is 17.9 Å². The number of piperidine rings is 1. The Labute approximate surface area is 304 Å². The Kier molecular flexibility index (Phi) is 10.5. The van der Waals surface area contributed by atoms with Gasteiger partial charge in [-0.25, -0.2) is 33.1 Å². The van der Waals surface area contributed by atoms with Gasteiger partial charge >= 0.3 is 0 Å². The van der Waals surface area contributed by atoms with Gasteiger partial charge in [0.2, 0.25) is 5.95 Å². The van der Waals surface area contributed by atoms with Gasteiger partial charge in [-0.05, 0) is 106 Å². The van der Waals surface area contributed by atoms with Crippen molar-refractivity contribution in [3.05, 3.63) is 60.4 Å². The first kappa shape index (κ1) is 34.9. The van der Waals surface area contributed by atoms with Gasteiger partial charge in [-0.3, -0.25) is 0 Å². The van der Waals surface area contributed by atoms with Crippen LogP contribution < -0.4 is 24.8 Å². The smallest absolute Gasteiger partial charge is 0.264 e. The van der Waals surface area contributed by atoms with Gasteiger partial charge in [-0.2, -0.15) is 0 Å². The summed E-state index contributed by atoms with van der Waals surface area (Å²) in [6.07, 6.45) is 9.17. The fourth-order valence-electron chi connectivity index (χ4n) is 7.06. The molecule has 14 nitrogen and oxygen atoms in total. The van der Waals surface area contributed by atoms with Crippen LogP contribution in [0.4, 0.5) is 17.3 Å². The van der Waals surface area contributed by atoms with Crippen LogP contribution in [-0.2, 0) is 10.0 Å². The number of rotatable bonds is 10. The van der Waals surface area contributed by atoms with Crippen LogP contribution in [0.25, 0.3) is 0 Å². The lowest BCUT2D eigenvalue weighted by Gasteiger charge is -2.40. The number of anilines is 3. The molecule has 3 aromatic rings. The number of fused-ring (bicyclic) bond motifs is 3. The second kappa shape index (κ2) is 15.4. The summed E-state index contributed by atoms with van der Waals surface area (Å²) >= 11 is 5.75. The molecular weight excluding hydrogens is 689 g/mol. The van der Waals surface area contributed by atoms with Gasteiger partial charge in [0.1, 0.15) is 18.3 Å². The Bertz CT molecular complexity index is 1860. The van der Waals surface area contributed by atoms with Crippen molar-refractivity contribution in [3.63, 3.8) is 0 Å². The van der Waals surface area contributed by atoms with E-state index in [1.54, 1.807) is 31.6 Å². The highest BCUT2D eigenvalue weighted by atomic mass is 32.2. The monoisotopic (exact) mass is 732 g/mol. The summed E-state index contributed by atoms with van der Waals surface area (Å²) in [6, 6.07) is 12.1. The quantitative estimate of drug-likeness (QED) is 0.204. The van der Waals surface area contributed by atoms with Crippen molar-refractivity contribution in [1.82, 2.24) is 24.7 Å². The third-order valence-electron chi connectivity index (χ3n) is 9.94. The molecule has 0 saturated carbocycles. The summed E-state index contributed by atoms with van der Waals surface area (Å²) in [7, 11) is 0.0502.